The molecule has 3 atom stereocenters. The molecule has 176 valence electrons. The SMILES string of the molecule is CC(=O)N1CCC2C(/C=C3\CCN(c4ccc[n+](CC(N)=O)c4)C3=O)=C(C(=O)O)N3C(=O)[C@@H]1[C@@H]23. The maximum atomic E-state index is 13.2. The number of carboxylic acids is 1. The first-order valence-corrected chi connectivity index (χ1v) is 11.1. The van der Waals surface area contributed by atoms with Crippen molar-refractivity contribution < 1.29 is 33.6 Å². The van der Waals surface area contributed by atoms with E-state index in [1.807, 2.05) is 0 Å². The highest BCUT2D eigenvalue weighted by molar-refractivity contribution is 6.09. The number of nitrogens with zero attached hydrogens (tertiary/aromatic N) is 4. The molecule has 11 nitrogen and oxygen atoms in total. The number of anilines is 1. The molecule has 5 rings (SSSR count). The molecule has 3 fully saturated rings. The lowest BCUT2D eigenvalue weighted by atomic mass is 9.77. The molecule has 5 heterocycles. The Hall–Kier alpha value is -4.02. The van der Waals surface area contributed by atoms with Gasteiger partial charge in [0.05, 0.1) is 6.04 Å². The maximum absolute atomic E-state index is 13.2. The summed E-state index contributed by atoms with van der Waals surface area (Å²) >= 11 is 0. The average Bonchev–Trinajstić information content (AvgIpc) is 3.30. The molecule has 0 bridgehead atoms. The van der Waals surface area contributed by atoms with Gasteiger partial charge in [0, 0.05) is 37.6 Å². The van der Waals surface area contributed by atoms with Gasteiger partial charge < -0.3 is 20.6 Å². The van der Waals surface area contributed by atoms with Crippen LogP contribution in [-0.4, -0.2) is 69.7 Å². The van der Waals surface area contributed by atoms with Crippen LogP contribution in [0.25, 0.3) is 0 Å². The first kappa shape index (κ1) is 21.8. The summed E-state index contributed by atoms with van der Waals surface area (Å²) in [7, 11) is 0. The van der Waals surface area contributed by atoms with Crippen LogP contribution >= 0.6 is 0 Å². The predicted octanol–water partition coefficient (Wildman–Crippen LogP) is -1.08. The Kier molecular flexibility index (Phi) is 4.99. The molecule has 0 aliphatic carbocycles. The number of amides is 4. The van der Waals surface area contributed by atoms with Crippen LogP contribution < -0.4 is 15.2 Å². The Bertz CT molecular complexity index is 1220. The lowest BCUT2D eigenvalue weighted by Gasteiger charge is -2.53. The predicted molar refractivity (Wildman–Crippen MR) is 115 cm³/mol. The zero-order valence-corrected chi connectivity index (χ0v) is 18.5. The molecule has 34 heavy (non-hydrogen) atoms. The van der Waals surface area contributed by atoms with E-state index in [2.05, 4.69) is 0 Å². The lowest BCUT2D eigenvalue weighted by molar-refractivity contribution is -0.683. The van der Waals surface area contributed by atoms with Gasteiger partial charge in [-0.25, -0.2) is 4.79 Å². The number of pyridine rings is 1. The number of aliphatic carboxylic acids is 1. The largest absolute Gasteiger partial charge is 0.477 e. The van der Waals surface area contributed by atoms with Crippen molar-refractivity contribution in [3.05, 3.63) is 47.4 Å². The van der Waals surface area contributed by atoms with Crippen LogP contribution in [0.5, 0.6) is 0 Å². The van der Waals surface area contributed by atoms with E-state index in [9.17, 15) is 29.1 Å². The number of hydrogen-bond donors (Lipinski definition) is 2. The van der Waals surface area contributed by atoms with Gasteiger partial charge in [-0.3, -0.25) is 24.1 Å². The molecular weight excluding hydrogens is 442 g/mol. The van der Waals surface area contributed by atoms with E-state index in [-0.39, 0.29) is 30.0 Å². The van der Waals surface area contributed by atoms with Crippen LogP contribution in [0.1, 0.15) is 19.8 Å². The summed E-state index contributed by atoms with van der Waals surface area (Å²) in [5.41, 5.74) is 6.69. The number of carbonyl (C=O) groups is 5. The Balaban J connectivity index is 1.45. The van der Waals surface area contributed by atoms with Crippen molar-refractivity contribution in [1.29, 1.82) is 0 Å². The normalized spacial score (nSPS) is 26.8. The number of hydrogen-bond acceptors (Lipinski definition) is 5. The molecule has 0 spiro atoms. The second-order valence-corrected chi connectivity index (χ2v) is 8.94. The van der Waals surface area contributed by atoms with Gasteiger partial charge in [0.2, 0.25) is 12.5 Å². The number of allylic oxidation sites excluding steroid dienone is 1. The summed E-state index contributed by atoms with van der Waals surface area (Å²) in [6, 6.07) is 2.41. The Morgan fingerprint density at radius 2 is 2.03 bits per heavy atom. The number of primary amides is 1. The standard InChI is InChI=1S/C23H23N5O6/c1-12(29)26-8-5-15-16(19(23(33)34)28-18(15)20(26)22(28)32)9-13-4-7-27(21(13)31)14-3-2-6-25(10-14)11-17(24)30/h2-3,6,9-10,15,18,20H,4-5,7-8,11H2,1H3,(H2-,24,30,33,34)/p+1/b13-9+/t15?,18-,20+/m1/s1. The van der Waals surface area contributed by atoms with Gasteiger partial charge in [0.15, 0.2) is 12.4 Å². The second-order valence-electron chi connectivity index (χ2n) is 8.94. The minimum atomic E-state index is -1.22. The summed E-state index contributed by atoms with van der Waals surface area (Å²) < 4.78 is 1.59. The summed E-state index contributed by atoms with van der Waals surface area (Å²) in [4.78, 5) is 65.7. The van der Waals surface area contributed by atoms with Crippen LogP contribution in [0.4, 0.5) is 5.69 Å². The van der Waals surface area contributed by atoms with Crippen molar-refractivity contribution >= 4 is 35.3 Å². The lowest BCUT2D eigenvalue weighted by Crippen LogP contribution is -2.73. The van der Waals surface area contributed by atoms with Gasteiger partial charge in [-0.05, 0) is 30.6 Å². The average molecular weight is 466 g/mol. The molecule has 1 unspecified atom stereocenters. The van der Waals surface area contributed by atoms with Crippen LogP contribution in [0.15, 0.2) is 47.4 Å². The first-order chi connectivity index (χ1) is 16.2. The molecule has 3 saturated heterocycles. The first-order valence-electron chi connectivity index (χ1n) is 11.1. The molecule has 4 aliphatic rings. The summed E-state index contributed by atoms with van der Waals surface area (Å²) in [5, 5.41) is 9.89. The molecule has 11 heteroatoms. The van der Waals surface area contributed by atoms with Gasteiger partial charge in [-0.15, -0.1) is 0 Å². The molecule has 4 amide bonds. The van der Waals surface area contributed by atoms with E-state index < -0.39 is 29.9 Å². The highest BCUT2D eigenvalue weighted by Gasteiger charge is 2.63. The Morgan fingerprint density at radius 1 is 1.26 bits per heavy atom. The minimum absolute atomic E-state index is 0.0151. The van der Waals surface area contributed by atoms with Gasteiger partial charge in [-0.2, -0.15) is 4.57 Å². The number of rotatable bonds is 5. The van der Waals surface area contributed by atoms with E-state index in [4.69, 9.17) is 5.73 Å². The third-order valence-corrected chi connectivity index (χ3v) is 7.01. The fourth-order valence-corrected chi connectivity index (χ4v) is 5.60. The summed E-state index contributed by atoms with van der Waals surface area (Å²) in [6.07, 6.45) is 5.90. The number of aromatic nitrogens is 1. The molecule has 3 N–H and O–H groups in total. The summed E-state index contributed by atoms with van der Waals surface area (Å²) in [5.74, 6) is -2.82. The Labute approximate surface area is 194 Å². The molecule has 0 aromatic carbocycles. The Morgan fingerprint density at radius 3 is 2.71 bits per heavy atom. The highest BCUT2D eigenvalue weighted by Crippen LogP contribution is 2.49. The number of β-lactam (4-membered cyclic amide) rings is 1. The quantitative estimate of drug-likeness (QED) is 0.321. The van der Waals surface area contributed by atoms with Crippen LogP contribution in [0.3, 0.4) is 0 Å². The molecule has 0 radical (unpaired) electrons. The number of nitrogens with two attached hydrogens (primary N) is 1. The zero-order chi connectivity index (χ0) is 24.3. The maximum Gasteiger partial charge on any atom is 0.352 e. The van der Waals surface area contributed by atoms with E-state index in [0.717, 1.165) is 0 Å². The fourth-order valence-electron chi connectivity index (χ4n) is 5.60. The molecule has 1 aromatic heterocycles. The third kappa shape index (κ3) is 3.18. The van der Waals surface area contributed by atoms with Crippen molar-refractivity contribution in [3.8, 4) is 0 Å². The number of carboxylic acid groups (broad SMARTS) is 1. The van der Waals surface area contributed by atoms with Crippen LogP contribution in [0.2, 0.25) is 0 Å². The van der Waals surface area contributed by atoms with Gasteiger partial charge in [-0.1, -0.05) is 0 Å². The smallest absolute Gasteiger partial charge is 0.352 e. The van der Waals surface area contributed by atoms with Crippen LogP contribution in [0, 0.1) is 5.92 Å². The van der Waals surface area contributed by atoms with Gasteiger partial charge in [0.1, 0.15) is 17.4 Å². The van der Waals surface area contributed by atoms with Crippen molar-refractivity contribution in [1.82, 2.24) is 9.80 Å². The number of piperidine rings is 1. The molecular formula is C23H24N5O6+. The molecule has 1 aromatic rings. The summed E-state index contributed by atoms with van der Waals surface area (Å²) in [6.45, 7) is 2.16. The minimum Gasteiger partial charge on any atom is -0.477 e. The van der Waals surface area contributed by atoms with Crippen LogP contribution in [-0.2, 0) is 30.5 Å². The van der Waals surface area contributed by atoms with Crippen molar-refractivity contribution in [2.45, 2.75) is 38.4 Å². The molecule has 4 aliphatic heterocycles. The van der Waals surface area contributed by atoms with E-state index in [0.29, 0.717) is 42.8 Å². The van der Waals surface area contributed by atoms with Crippen molar-refractivity contribution in [2.75, 3.05) is 18.0 Å². The van der Waals surface area contributed by atoms with E-state index in [1.165, 1.54) is 16.7 Å². The number of carbonyl (C=O) groups excluding carboxylic acids is 4. The molecule has 0 saturated carbocycles. The zero-order valence-electron chi connectivity index (χ0n) is 18.5. The van der Waals surface area contributed by atoms with Gasteiger partial charge >= 0.3 is 5.97 Å². The third-order valence-electron chi connectivity index (χ3n) is 7.01. The van der Waals surface area contributed by atoms with Crippen molar-refractivity contribution in [3.63, 3.8) is 0 Å². The van der Waals surface area contributed by atoms with E-state index in [1.54, 1.807) is 40.1 Å². The van der Waals surface area contributed by atoms with E-state index >= 15 is 0 Å². The monoisotopic (exact) mass is 466 g/mol. The topological polar surface area (TPSA) is 145 Å². The highest BCUT2D eigenvalue weighted by atomic mass is 16.4. The van der Waals surface area contributed by atoms with Crippen molar-refractivity contribution in [2.24, 2.45) is 11.7 Å². The van der Waals surface area contributed by atoms with Gasteiger partial charge in [0.25, 0.3) is 17.7 Å². The fraction of sp³-hybridized carbons (Fsp3) is 0.391. The number of likely N-dealkylation sites (tertiary alicyclic amines) is 1. The second kappa shape index (κ2) is 7.79.